The van der Waals surface area contributed by atoms with Crippen LogP contribution in [0.2, 0.25) is 0 Å². The van der Waals surface area contributed by atoms with Gasteiger partial charge in [-0.3, -0.25) is 0 Å². The fourth-order valence-electron chi connectivity index (χ4n) is 2.60. The molecule has 0 fully saturated rings. The maximum atomic E-state index is 5.44. The summed E-state index contributed by atoms with van der Waals surface area (Å²) in [4.78, 5) is 13.1. The maximum absolute atomic E-state index is 5.44. The van der Waals surface area contributed by atoms with E-state index in [9.17, 15) is 0 Å². The Morgan fingerprint density at radius 1 is 1.42 bits per heavy atom. The third-order valence-electron chi connectivity index (χ3n) is 3.50. The second-order valence-corrected chi connectivity index (χ2v) is 5.64. The molecule has 1 N–H and O–H groups in total. The molecule has 0 spiro atoms. The standard InChI is InChI=1S/C13H12N4OS/c1-2-9(8-4-7-19-10(8)3-1)13-16-12(17-18-13)11-14-5-6-15-11/h4-7,9H,1-3H2,(H,14,15). The highest BCUT2D eigenvalue weighted by Crippen LogP contribution is 2.38. The van der Waals surface area contributed by atoms with E-state index in [2.05, 4.69) is 31.6 Å². The monoisotopic (exact) mass is 272 g/mol. The van der Waals surface area contributed by atoms with Gasteiger partial charge in [0.1, 0.15) is 0 Å². The van der Waals surface area contributed by atoms with Crippen molar-refractivity contribution in [3.05, 3.63) is 40.2 Å². The summed E-state index contributed by atoms with van der Waals surface area (Å²) in [6.45, 7) is 0. The van der Waals surface area contributed by atoms with Gasteiger partial charge in [0.15, 0.2) is 5.82 Å². The van der Waals surface area contributed by atoms with Crippen molar-refractivity contribution >= 4 is 11.3 Å². The van der Waals surface area contributed by atoms with Gasteiger partial charge in [0.25, 0.3) is 0 Å². The molecule has 0 radical (unpaired) electrons. The summed E-state index contributed by atoms with van der Waals surface area (Å²) in [5.41, 5.74) is 1.35. The number of nitrogens with zero attached hydrogens (tertiary/aromatic N) is 3. The molecule has 0 saturated carbocycles. The maximum Gasteiger partial charge on any atom is 0.238 e. The van der Waals surface area contributed by atoms with Crippen LogP contribution in [0, 0.1) is 0 Å². The van der Waals surface area contributed by atoms with Gasteiger partial charge in [0.05, 0.1) is 5.92 Å². The summed E-state index contributed by atoms with van der Waals surface area (Å²) < 4.78 is 5.44. The van der Waals surface area contributed by atoms with Crippen LogP contribution < -0.4 is 0 Å². The SMILES string of the molecule is c1c[nH]c(-c2noc(C3CCCc4sccc43)n2)n1. The average Bonchev–Trinajstić information content (AvgIpc) is 3.18. The Bertz CT molecular complexity index is 685. The Kier molecular flexibility index (Phi) is 2.48. The number of hydrogen-bond donors (Lipinski definition) is 1. The van der Waals surface area contributed by atoms with Gasteiger partial charge in [-0.25, -0.2) is 4.98 Å². The summed E-state index contributed by atoms with van der Waals surface area (Å²) >= 11 is 1.82. The lowest BCUT2D eigenvalue weighted by Gasteiger charge is -2.18. The lowest BCUT2D eigenvalue weighted by Crippen LogP contribution is -2.08. The van der Waals surface area contributed by atoms with Gasteiger partial charge >= 0.3 is 0 Å². The van der Waals surface area contributed by atoms with E-state index in [4.69, 9.17) is 4.52 Å². The number of hydrogen-bond acceptors (Lipinski definition) is 5. The highest BCUT2D eigenvalue weighted by molar-refractivity contribution is 7.10. The number of fused-ring (bicyclic) bond motifs is 1. The molecule has 0 aromatic carbocycles. The second kappa shape index (κ2) is 4.31. The Balaban J connectivity index is 1.71. The summed E-state index contributed by atoms with van der Waals surface area (Å²) in [7, 11) is 0. The third-order valence-corrected chi connectivity index (χ3v) is 4.50. The van der Waals surface area contributed by atoms with E-state index in [0.29, 0.717) is 17.5 Å². The molecule has 6 heteroatoms. The first-order valence-corrected chi connectivity index (χ1v) is 7.19. The van der Waals surface area contributed by atoms with Crippen molar-refractivity contribution in [3.63, 3.8) is 0 Å². The van der Waals surface area contributed by atoms with Crippen molar-refractivity contribution < 1.29 is 4.52 Å². The first-order valence-electron chi connectivity index (χ1n) is 6.31. The Hall–Kier alpha value is -1.95. The minimum Gasteiger partial charge on any atom is -0.342 e. The highest BCUT2D eigenvalue weighted by Gasteiger charge is 2.27. The molecule has 96 valence electrons. The molecule has 3 aromatic rings. The molecule has 0 aliphatic heterocycles. The number of thiophene rings is 1. The topological polar surface area (TPSA) is 67.6 Å². The fraction of sp³-hybridized carbons (Fsp3) is 0.308. The zero-order valence-corrected chi connectivity index (χ0v) is 11.0. The molecule has 4 rings (SSSR count). The zero-order valence-electron chi connectivity index (χ0n) is 10.2. The van der Waals surface area contributed by atoms with Gasteiger partial charge < -0.3 is 9.51 Å². The van der Waals surface area contributed by atoms with E-state index in [-0.39, 0.29) is 5.92 Å². The number of H-pyrrole nitrogens is 1. The highest BCUT2D eigenvalue weighted by atomic mass is 32.1. The third kappa shape index (κ3) is 1.79. The average molecular weight is 272 g/mol. The van der Waals surface area contributed by atoms with Crippen molar-refractivity contribution in [1.82, 2.24) is 20.1 Å². The molecule has 0 amide bonds. The smallest absolute Gasteiger partial charge is 0.238 e. The summed E-state index contributed by atoms with van der Waals surface area (Å²) in [6, 6.07) is 2.18. The molecular weight excluding hydrogens is 260 g/mol. The van der Waals surface area contributed by atoms with E-state index in [1.165, 1.54) is 23.3 Å². The minimum absolute atomic E-state index is 0.242. The molecule has 1 aliphatic carbocycles. The Labute approximate surface area is 113 Å². The van der Waals surface area contributed by atoms with E-state index in [0.717, 1.165) is 6.42 Å². The second-order valence-electron chi connectivity index (χ2n) is 4.64. The molecular formula is C13H12N4OS. The molecule has 5 nitrogen and oxygen atoms in total. The van der Waals surface area contributed by atoms with Crippen LogP contribution >= 0.6 is 11.3 Å². The van der Waals surface area contributed by atoms with Crippen LogP contribution in [-0.2, 0) is 6.42 Å². The molecule has 0 bridgehead atoms. The number of aromatic nitrogens is 4. The number of nitrogens with one attached hydrogen (secondary N) is 1. The van der Waals surface area contributed by atoms with Gasteiger partial charge in [0, 0.05) is 17.3 Å². The number of aromatic amines is 1. The van der Waals surface area contributed by atoms with E-state index in [1.54, 1.807) is 12.4 Å². The van der Waals surface area contributed by atoms with E-state index < -0.39 is 0 Å². The molecule has 1 aliphatic rings. The van der Waals surface area contributed by atoms with Crippen LogP contribution in [0.25, 0.3) is 11.6 Å². The van der Waals surface area contributed by atoms with Crippen LogP contribution in [0.1, 0.15) is 35.1 Å². The predicted octanol–water partition coefficient (Wildman–Crippen LogP) is 2.99. The van der Waals surface area contributed by atoms with Gasteiger partial charge in [-0.2, -0.15) is 4.98 Å². The quantitative estimate of drug-likeness (QED) is 0.778. The molecule has 1 unspecified atom stereocenters. The van der Waals surface area contributed by atoms with Gasteiger partial charge in [-0.1, -0.05) is 5.16 Å². The van der Waals surface area contributed by atoms with Crippen LogP contribution in [0.3, 0.4) is 0 Å². The fourth-order valence-corrected chi connectivity index (χ4v) is 3.59. The van der Waals surface area contributed by atoms with Crippen LogP contribution in [0.5, 0.6) is 0 Å². The lowest BCUT2D eigenvalue weighted by atomic mass is 9.88. The van der Waals surface area contributed by atoms with Crippen LogP contribution in [-0.4, -0.2) is 20.1 Å². The largest absolute Gasteiger partial charge is 0.342 e. The molecule has 19 heavy (non-hydrogen) atoms. The first-order chi connectivity index (χ1) is 9.42. The van der Waals surface area contributed by atoms with Gasteiger partial charge in [-0.05, 0) is 36.3 Å². The lowest BCUT2D eigenvalue weighted by molar-refractivity contribution is 0.355. The number of aryl methyl sites for hydroxylation is 1. The molecule has 3 heterocycles. The van der Waals surface area contributed by atoms with Crippen molar-refractivity contribution in [1.29, 1.82) is 0 Å². The zero-order chi connectivity index (χ0) is 12.7. The van der Waals surface area contributed by atoms with Crippen molar-refractivity contribution in [2.24, 2.45) is 0 Å². The van der Waals surface area contributed by atoms with Crippen LogP contribution in [0.15, 0.2) is 28.4 Å². The Morgan fingerprint density at radius 2 is 2.42 bits per heavy atom. The van der Waals surface area contributed by atoms with Crippen molar-refractivity contribution in [2.75, 3.05) is 0 Å². The molecule has 0 saturated heterocycles. The van der Waals surface area contributed by atoms with Gasteiger partial charge in [0.2, 0.25) is 11.7 Å². The number of rotatable bonds is 2. The predicted molar refractivity (Wildman–Crippen MR) is 71.0 cm³/mol. The van der Waals surface area contributed by atoms with Crippen LogP contribution in [0.4, 0.5) is 0 Å². The van der Waals surface area contributed by atoms with Crippen molar-refractivity contribution in [2.45, 2.75) is 25.2 Å². The molecule has 1 atom stereocenters. The minimum atomic E-state index is 0.242. The molecule has 3 aromatic heterocycles. The summed E-state index contributed by atoms with van der Waals surface area (Å²) in [5, 5.41) is 6.16. The Morgan fingerprint density at radius 3 is 3.32 bits per heavy atom. The normalized spacial score (nSPS) is 18.4. The number of imidazole rings is 1. The van der Waals surface area contributed by atoms with Gasteiger partial charge in [-0.15, -0.1) is 11.3 Å². The van der Waals surface area contributed by atoms with E-state index in [1.807, 2.05) is 11.3 Å². The summed E-state index contributed by atoms with van der Waals surface area (Å²) in [6.07, 6.45) is 6.86. The first kappa shape index (κ1) is 10.9. The summed E-state index contributed by atoms with van der Waals surface area (Å²) in [5.74, 6) is 2.12. The van der Waals surface area contributed by atoms with E-state index >= 15 is 0 Å². The van der Waals surface area contributed by atoms with Crippen molar-refractivity contribution in [3.8, 4) is 11.6 Å².